The zero-order valence-corrected chi connectivity index (χ0v) is 6.33. The van der Waals surface area contributed by atoms with Gasteiger partial charge in [0, 0.05) is 13.7 Å². The summed E-state index contributed by atoms with van der Waals surface area (Å²) in [5, 5.41) is 0. The first-order chi connectivity index (χ1) is 4.18. The zero-order valence-electron chi connectivity index (χ0n) is 5.33. The molecule has 1 atom stereocenters. The Morgan fingerprint density at radius 1 is 2.00 bits per heavy atom. The summed E-state index contributed by atoms with van der Waals surface area (Å²) in [7, 11) is -1.44. The minimum Gasteiger partial charge on any atom is -0.327 e. The molecule has 0 aromatic carbocycles. The molecule has 0 bridgehead atoms. The lowest BCUT2D eigenvalue weighted by Gasteiger charge is -1.78. The van der Waals surface area contributed by atoms with E-state index in [0.29, 0.717) is 6.54 Å². The second kappa shape index (κ2) is 10.8. The van der Waals surface area contributed by atoms with Gasteiger partial charge in [-0.2, -0.15) is 0 Å². The lowest BCUT2D eigenvalue weighted by molar-refractivity contribution is 0.343. The topological polar surface area (TPSA) is 72.5 Å². The Morgan fingerprint density at radius 2 is 2.22 bits per heavy atom. The van der Waals surface area contributed by atoms with Crippen LogP contribution in [0.25, 0.3) is 0 Å². The van der Waals surface area contributed by atoms with Gasteiger partial charge in [0.05, 0.1) is 0 Å². The monoisotopic (exact) mass is 153 g/mol. The van der Waals surface area contributed by atoms with Crippen LogP contribution in [-0.2, 0) is 9.09 Å². The van der Waals surface area contributed by atoms with Gasteiger partial charge < -0.3 is 15.2 Å². The van der Waals surface area contributed by atoms with Gasteiger partial charge in [-0.1, -0.05) is 6.08 Å². The van der Waals surface area contributed by atoms with Gasteiger partial charge in [0.15, 0.2) is 0 Å². The highest BCUT2D eigenvalue weighted by molar-refractivity contribution is 7.32. The van der Waals surface area contributed by atoms with Crippen LogP contribution in [-0.4, -0.2) is 18.5 Å². The summed E-state index contributed by atoms with van der Waals surface area (Å²) in [4.78, 5) is 7.69. The summed E-state index contributed by atoms with van der Waals surface area (Å²) >= 11 is 0. The summed E-state index contributed by atoms with van der Waals surface area (Å²) in [6, 6.07) is 0. The predicted molar refractivity (Wildman–Crippen MR) is 37.5 cm³/mol. The molecule has 0 rings (SSSR count). The maximum Gasteiger partial charge on any atom is 0.316 e. The van der Waals surface area contributed by atoms with Gasteiger partial charge in [-0.15, -0.1) is 6.58 Å². The van der Waals surface area contributed by atoms with Crippen molar-refractivity contribution in [2.24, 2.45) is 5.73 Å². The van der Waals surface area contributed by atoms with Crippen LogP contribution < -0.4 is 5.73 Å². The molecule has 0 radical (unpaired) electrons. The maximum absolute atomic E-state index is 9.33. The van der Waals surface area contributed by atoms with E-state index in [1.165, 1.54) is 7.11 Å². The number of hydrogen-bond donors (Lipinski definition) is 2. The molecule has 9 heavy (non-hydrogen) atoms. The minimum absolute atomic E-state index is 0.583. The molecule has 5 heteroatoms. The quantitative estimate of drug-likeness (QED) is 0.437. The van der Waals surface area contributed by atoms with E-state index in [1.807, 2.05) is 0 Å². The van der Waals surface area contributed by atoms with E-state index in [4.69, 9.17) is 10.6 Å². The van der Waals surface area contributed by atoms with Crippen molar-refractivity contribution >= 4 is 8.25 Å². The van der Waals surface area contributed by atoms with Crippen LogP contribution in [0.5, 0.6) is 0 Å². The van der Waals surface area contributed by atoms with Crippen molar-refractivity contribution in [1.82, 2.24) is 0 Å². The molecule has 0 aliphatic carbocycles. The van der Waals surface area contributed by atoms with Gasteiger partial charge in [-0.25, -0.2) is 0 Å². The summed E-state index contributed by atoms with van der Waals surface area (Å²) in [6.07, 6.45) is 1.65. The van der Waals surface area contributed by atoms with Crippen LogP contribution >= 0.6 is 8.25 Å². The Labute approximate surface area is 55.3 Å². The van der Waals surface area contributed by atoms with Crippen molar-refractivity contribution in [3.8, 4) is 0 Å². The molecule has 3 N–H and O–H groups in total. The van der Waals surface area contributed by atoms with Gasteiger partial charge in [0.1, 0.15) is 0 Å². The third-order valence-corrected chi connectivity index (χ3v) is 0.691. The van der Waals surface area contributed by atoms with E-state index in [-0.39, 0.29) is 0 Å². The molecule has 0 aromatic heterocycles. The molecule has 1 unspecified atom stereocenters. The molecular weight excluding hydrogens is 141 g/mol. The molecule has 0 spiro atoms. The maximum atomic E-state index is 9.33. The molecular formula is C4H12NO3P. The Bertz CT molecular complexity index is 85.9. The summed E-state index contributed by atoms with van der Waals surface area (Å²) < 4.78 is 13.2. The smallest absolute Gasteiger partial charge is 0.316 e. The first-order valence-electron chi connectivity index (χ1n) is 2.26. The molecule has 0 fully saturated rings. The number of rotatable bonds is 2. The van der Waals surface area contributed by atoms with Crippen LogP contribution in [0.1, 0.15) is 0 Å². The fraction of sp³-hybridized carbons (Fsp3) is 0.500. The average molecular weight is 153 g/mol. The molecule has 0 saturated carbocycles. The normalized spacial score (nSPS) is 11.0. The minimum atomic E-state index is -2.62. The second-order valence-electron chi connectivity index (χ2n) is 0.994. The predicted octanol–water partition coefficient (Wildman–Crippen LogP) is 0.146. The highest BCUT2D eigenvalue weighted by atomic mass is 31.1. The van der Waals surface area contributed by atoms with E-state index in [2.05, 4.69) is 11.1 Å². The summed E-state index contributed by atoms with van der Waals surface area (Å²) in [5.41, 5.74) is 4.91. The van der Waals surface area contributed by atoms with E-state index < -0.39 is 8.25 Å². The van der Waals surface area contributed by atoms with E-state index in [0.717, 1.165) is 0 Å². The summed E-state index contributed by atoms with van der Waals surface area (Å²) in [6.45, 7) is 3.94. The Morgan fingerprint density at radius 3 is 2.22 bits per heavy atom. The zero-order chi connectivity index (χ0) is 7.70. The average Bonchev–Trinajstić information content (AvgIpc) is 1.89. The Hall–Kier alpha value is -0.150. The molecule has 0 aliphatic heterocycles. The van der Waals surface area contributed by atoms with Crippen LogP contribution in [0.15, 0.2) is 12.7 Å². The largest absolute Gasteiger partial charge is 0.327 e. The lowest BCUT2D eigenvalue weighted by atomic mass is 10.7. The molecule has 56 valence electrons. The van der Waals surface area contributed by atoms with Crippen LogP contribution in [0.4, 0.5) is 0 Å². The molecule has 4 nitrogen and oxygen atoms in total. The standard InChI is InChI=1S/C3H7N.CH5O3P/c1-2-3-4;1-4-5(2)3/h2H,1,3-4H2;5H,1H3,(H,2,3). The highest BCUT2D eigenvalue weighted by Gasteiger charge is 1.74. The van der Waals surface area contributed by atoms with Crippen LogP contribution in [0.2, 0.25) is 0 Å². The van der Waals surface area contributed by atoms with Gasteiger partial charge >= 0.3 is 8.25 Å². The highest BCUT2D eigenvalue weighted by Crippen LogP contribution is 2.09. The van der Waals surface area contributed by atoms with Crippen molar-refractivity contribution in [2.45, 2.75) is 0 Å². The molecule has 0 aliphatic rings. The van der Waals surface area contributed by atoms with Crippen molar-refractivity contribution in [1.29, 1.82) is 0 Å². The summed E-state index contributed by atoms with van der Waals surface area (Å²) in [5.74, 6) is 0. The van der Waals surface area contributed by atoms with Crippen LogP contribution in [0, 0.1) is 0 Å². The first-order valence-corrected chi connectivity index (χ1v) is 3.53. The van der Waals surface area contributed by atoms with Crippen molar-refractivity contribution < 1.29 is 14.0 Å². The molecule has 0 aromatic rings. The van der Waals surface area contributed by atoms with Gasteiger partial charge in [0.2, 0.25) is 0 Å². The van der Waals surface area contributed by atoms with Gasteiger partial charge in [0.25, 0.3) is 0 Å². The molecule has 0 amide bonds. The number of nitrogens with two attached hydrogens (primary N) is 1. The van der Waals surface area contributed by atoms with E-state index in [9.17, 15) is 4.57 Å². The van der Waals surface area contributed by atoms with E-state index in [1.54, 1.807) is 6.08 Å². The number of hydrogen-bond acceptors (Lipinski definition) is 3. The third-order valence-electron chi connectivity index (χ3n) is 0.341. The molecule has 0 heterocycles. The third kappa shape index (κ3) is 33.1. The second-order valence-corrected chi connectivity index (χ2v) is 1.93. The lowest BCUT2D eigenvalue weighted by Crippen LogP contribution is -1.90. The van der Waals surface area contributed by atoms with E-state index >= 15 is 0 Å². The first kappa shape index (κ1) is 11.6. The van der Waals surface area contributed by atoms with Crippen molar-refractivity contribution in [2.75, 3.05) is 13.7 Å². The Balaban J connectivity index is 0. The van der Waals surface area contributed by atoms with Gasteiger partial charge in [-0.3, -0.25) is 4.57 Å². The van der Waals surface area contributed by atoms with Gasteiger partial charge in [-0.05, 0) is 0 Å². The van der Waals surface area contributed by atoms with Crippen molar-refractivity contribution in [3.63, 3.8) is 0 Å². The van der Waals surface area contributed by atoms with Crippen molar-refractivity contribution in [3.05, 3.63) is 12.7 Å². The van der Waals surface area contributed by atoms with Crippen LogP contribution in [0.3, 0.4) is 0 Å². The fourth-order valence-corrected chi connectivity index (χ4v) is 0. The Kier molecular flexibility index (Phi) is 13.9. The fourth-order valence-electron chi connectivity index (χ4n) is 0. The molecule has 0 saturated heterocycles. The SMILES string of the molecule is C=CCN.CO[PH](=O)O.